The Hall–Kier alpha value is -2.84. The van der Waals surface area contributed by atoms with Crippen LogP contribution in [0.2, 0.25) is 0 Å². The lowest BCUT2D eigenvalue weighted by molar-refractivity contribution is -0.137. The fourth-order valence-corrected chi connectivity index (χ4v) is 4.01. The van der Waals surface area contributed by atoms with Gasteiger partial charge in [-0.3, -0.25) is 24.5 Å². The molecule has 7 nitrogen and oxygen atoms in total. The second kappa shape index (κ2) is 10.7. The van der Waals surface area contributed by atoms with Crippen molar-refractivity contribution in [1.82, 2.24) is 10.2 Å². The van der Waals surface area contributed by atoms with E-state index in [1.165, 1.54) is 4.90 Å². The standard InChI is InChI=1S/C23H29F2N3O4/c24-23(25)12-14-28(15-13-23)21(31)5-3-1-2-4-19(29)26-17-8-6-16(7-9-17)18-10-11-20(30)27-22(18)32/h6-9,18H,1-5,10-15H2,(H,26,29)(H,27,30,32). The van der Waals surface area contributed by atoms with E-state index in [0.29, 0.717) is 50.6 Å². The first-order valence-electron chi connectivity index (χ1n) is 11.1. The fourth-order valence-electron chi connectivity index (χ4n) is 4.01. The number of halogens is 2. The Morgan fingerprint density at radius 3 is 2.34 bits per heavy atom. The van der Waals surface area contributed by atoms with Crippen LogP contribution in [0, 0.1) is 0 Å². The highest BCUT2D eigenvalue weighted by molar-refractivity contribution is 6.01. The Bertz CT molecular complexity index is 847. The molecule has 1 aromatic rings. The number of imide groups is 1. The predicted molar refractivity (Wildman–Crippen MR) is 114 cm³/mol. The van der Waals surface area contributed by atoms with Gasteiger partial charge in [0.2, 0.25) is 23.6 Å². The van der Waals surface area contributed by atoms with Crippen molar-refractivity contribution < 1.29 is 28.0 Å². The maximum atomic E-state index is 13.2. The molecule has 1 unspecified atom stereocenters. The maximum absolute atomic E-state index is 13.2. The molecule has 0 bridgehead atoms. The molecule has 2 aliphatic rings. The van der Waals surface area contributed by atoms with Crippen molar-refractivity contribution in [2.24, 2.45) is 0 Å². The number of nitrogens with zero attached hydrogens (tertiary/aromatic N) is 1. The van der Waals surface area contributed by atoms with Gasteiger partial charge in [-0.05, 0) is 37.0 Å². The summed E-state index contributed by atoms with van der Waals surface area (Å²) in [6.07, 6.45) is 2.84. The highest BCUT2D eigenvalue weighted by Gasteiger charge is 2.35. The van der Waals surface area contributed by atoms with E-state index in [-0.39, 0.29) is 55.5 Å². The van der Waals surface area contributed by atoms with Crippen molar-refractivity contribution in [2.75, 3.05) is 18.4 Å². The van der Waals surface area contributed by atoms with E-state index in [1.54, 1.807) is 24.3 Å². The molecule has 2 heterocycles. The molecule has 0 aliphatic carbocycles. The van der Waals surface area contributed by atoms with Crippen LogP contribution in [0.25, 0.3) is 0 Å². The van der Waals surface area contributed by atoms with Gasteiger partial charge < -0.3 is 10.2 Å². The van der Waals surface area contributed by atoms with Gasteiger partial charge in [0.1, 0.15) is 0 Å². The molecule has 2 fully saturated rings. The molecule has 0 saturated carbocycles. The molecule has 1 atom stereocenters. The number of anilines is 1. The summed E-state index contributed by atoms with van der Waals surface area (Å²) in [7, 11) is 0. The molecule has 1 aromatic carbocycles. The van der Waals surface area contributed by atoms with Crippen LogP contribution in [0.15, 0.2) is 24.3 Å². The summed E-state index contributed by atoms with van der Waals surface area (Å²) in [5.74, 6) is -3.80. The van der Waals surface area contributed by atoms with Crippen molar-refractivity contribution >= 4 is 29.3 Å². The number of piperidine rings is 2. The summed E-state index contributed by atoms with van der Waals surface area (Å²) >= 11 is 0. The van der Waals surface area contributed by atoms with Crippen LogP contribution in [0.5, 0.6) is 0 Å². The maximum Gasteiger partial charge on any atom is 0.251 e. The van der Waals surface area contributed by atoms with Gasteiger partial charge in [0.25, 0.3) is 5.92 Å². The second-order valence-corrected chi connectivity index (χ2v) is 8.47. The van der Waals surface area contributed by atoms with Crippen molar-refractivity contribution in [2.45, 2.75) is 69.6 Å². The number of unbranched alkanes of at least 4 members (excludes halogenated alkanes) is 2. The van der Waals surface area contributed by atoms with Crippen LogP contribution >= 0.6 is 0 Å². The zero-order valence-corrected chi connectivity index (χ0v) is 18.0. The molecule has 0 aromatic heterocycles. The third-order valence-corrected chi connectivity index (χ3v) is 5.98. The zero-order chi connectivity index (χ0) is 23.1. The number of rotatable bonds is 8. The number of benzene rings is 1. The largest absolute Gasteiger partial charge is 0.342 e. The molecular weight excluding hydrogens is 420 g/mol. The minimum atomic E-state index is -2.66. The monoisotopic (exact) mass is 449 g/mol. The number of hydrogen-bond acceptors (Lipinski definition) is 4. The van der Waals surface area contributed by atoms with Crippen molar-refractivity contribution in [1.29, 1.82) is 0 Å². The summed E-state index contributed by atoms with van der Waals surface area (Å²) in [5, 5.41) is 5.15. The van der Waals surface area contributed by atoms with E-state index in [9.17, 15) is 28.0 Å². The van der Waals surface area contributed by atoms with Crippen molar-refractivity contribution in [3.63, 3.8) is 0 Å². The molecular formula is C23H29F2N3O4. The lowest BCUT2D eigenvalue weighted by atomic mass is 9.90. The molecule has 2 N–H and O–H groups in total. The first-order valence-corrected chi connectivity index (χ1v) is 11.1. The van der Waals surface area contributed by atoms with Gasteiger partial charge in [0.15, 0.2) is 0 Å². The van der Waals surface area contributed by atoms with Crippen LogP contribution < -0.4 is 10.6 Å². The Kier molecular flexibility index (Phi) is 7.93. The summed E-state index contributed by atoms with van der Waals surface area (Å²) in [5.41, 5.74) is 1.43. The molecule has 32 heavy (non-hydrogen) atoms. The number of hydrogen-bond donors (Lipinski definition) is 2. The molecule has 2 saturated heterocycles. The third kappa shape index (κ3) is 6.83. The normalized spacial score (nSPS) is 20.6. The molecule has 2 aliphatic heterocycles. The quantitative estimate of drug-likeness (QED) is 0.470. The van der Waals surface area contributed by atoms with E-state index >= 15 is 0 Å². The Labute approximate surface area is 185 Å². The van der Waals surface area contributed by atoms with E-state index in [4.69, 9.17) is 0 Å². The predicted octanol–water partition coefficient (Wildman–Crippen LogP) is 3.35. The summed E-state index contributed by atoms with van der Waals surface area (Å²) in [6.45, 7) is 0.215. The summed E-state index contributed by atoms with van der Waals surface area (Å²) < 4.78 is 26.3. The lowest BCUT2D eigenvalue weighted by Crippen LogP contribution is -2.42. The van der Waals surface area contributed by atoms with Gasteiger partial charge in [0, 0.05) is 50.9 Å². The Morgan fingerprint density at radius 2 is 1.69 bits per heavy atom. The van der Waals surface area contributed by atoms with Gasteiger partial charge in [-0.1, -0.05) is 18.6 Å². The zero-order valence-electron chi connectivity index (χ0n) is 18.0. The van der Waals surface area contributed by atoms with E-state index in [1.807, 2.05) is 0 Å². The molecule has 4 amide bonds. The Morgan fingerprint density at radius 1 is 1.03 bits per heavy atom. The van der Waals surface area contributed by atoms with Crippen LogP contribution in [0.3, 0.4) is 0 Å². The average Bonchev–Trinajstić information content (AvgIpc) is 2.74. The van der Waals surface area contributed by atoms with Gasteiger partial charge in [-0.15, -0.1) is 0 Å². The summed E-state index contributed by atoms with van der Waals surface area (Å²) in [6, 6.07) is 7.02. The van der Waals surface area contributed by atoms with Crippen LogP contribution in [-0.4, -0.2) is 47.5 Å². The number of alkyl halides is 2. The van der Waals surface area contributed by atoms with Crippen LogP contribution in [0.4, 0.5) is 14.5 Å². The number of carbonyl (C=O) groups excluding carboxylic acids is 4. The minimum absolute atomic E-state index is 0.0962. The molecule has 3 rings (SSSR count). The topological polar surface area (TPSA) is 95.6 Å². The van der Waals surface area contributed by atoms with E-state index in [0.717, 1.165) is 5.56 Å². The minimum Gasteiger partial charge on any atom is -0.342 e. The van der Waals surface area contributed by atoms with Crippen molar-refractivity contribution in [3.8, 4) is 0 Å². The van der Waals surface area contributed by atoms with Gasteiger partial charge in [-0.2, -0.15) is 0 Å². The SMILES string of the molecule is O=C1CCC(c2ccc(NC(=O)CCCCCC(=O)N3CCC(F)(F)CC3)cc2)C(=O)N1. The molecule has 0 spiro atoms. The fraction of sp³-hybridized carbons (Fsp3) is 0.565. The average molecular weight is 449 g/mol. The van der Waals surface area contributed by atoms with Crippen molar-refractivity contribution in [3.05, 3.63) is 29.8 Å². The van der Waals surface area contributed by atoms with Gasteiger partial charge >= 0.3 is 0 Å². The van der Waals surface area contributed by atoms with Gasteiger partial charge in [-0.25, -0.2) is 8.78 Å². The molecule has 174 valence electrons. The molecule has 9 heteroatoms. The van der Waals surface area contributed by atoms with Crippen LogP contribution in [-0.2, 0) is 19.2 Å². The lowest BCUT2D eigenvalue weighted by Gasteiger charge is -2.31. The third-order valence-electron chi connectivity index (χ3n) is 5.98. The summed E-state index contributed by atoms with van der Waals surface area (Å²) in [4.78, 5) is 48.9. The smallest absolute Gasteiger partial charge is 0.251 e. The van der Waals surface area contributed by atoms with Gasteiger partial charge in [0.05, 0.1) is 5.92 Å². The van der Waals surface area contributed by atoms with E-state index < -0.39 is 5.92 Å². The number of amides is 4. The highest BCUT2D eigenvalue weighted by atomic mass is 19.3. The second-order valence-electron chi connectivity index (χ2n) is 8.47. The first kappa shape index (κ1) is 23.8. The first-order chi connectivity index (χ1) is 15.2. The van der Waals surface area contributed by atoms with Crippen LogP contribution in [0.1, 0.15) is 69.3 Å². The number of likely N-dealkylation sites (tertiary alicyclic amines) is 1. The van der Waals surface area contributed by atoms with E-state index in [2.05, 4.69) is 10.6 Å². The Balaban J connectivity index is 1.32. The number of nitrogens with one attached hydrogen (secondary N) is 2. The highest BCUT2D eigenvalue weighted by Crippen LogP contribution is 2.28. The molecule has 0 radical (unpaired) electrons. The number of carbonyl (C=O) groups is 4.